The van der Waals surface area contributed by atoms with Gasteiger partial charge in [-0.15, -0.1) is 0 Å². The van der Waals surface area contributed by atoms with Crippen LogP contribution in [0.5, 0.6) is 5.75 Å². The SMILES string of the molecule is Cc1ccc(F)c2c1C(N)CCO2. The molecular formula is C10H12FNO. The van der Waals surface area contributed by atoms with Gasteiger partial charge in [0.25, 0.3) is 0 Å². The summed E-state index contributed by atoms with van der Waals surface area (Å²) in [6.45, 7) is 2.43. The Morgan fingerprint density at radius 3 is 3.00 bits per heavy atom. The summed E-state index contributed by atoms with van der Waals surface area (Å²) >= 11 is 0. The first-order valence-corrected chi connectivity index (χ1v) is 4.37. The molecule has 1 unspecified atom stereocenters. The van der Waals surface area contributed by atoms with Crippen molar-refractivity contribution in [1.29, 1.82) is 0 Å². The number of rotatable bonds is 0. The predicted molar refractivity (Wildman–Crippen MR) is 48.2 cm³/mol. The van der Waals surface area contributed by atoms with Crippen LogP contribution >= 0.6 is 0 Å². The van der Waals surface area contributed by atoms with Crippen molar-refractivity contribution in [2.75, 3.05) is 6.61 Å². The molecule has 1 aliphatic heterocycles. The second-order valence-corrected chi connectivity index (χ2v) is 3.35. The van der Waals surface area contributed by atoms with Gasteiger partial charge in [-0.25, -0.2) is 4.39 Å². The zero-order valence-electron chi connectivity index (χ0n) is 7.51. The van der Waals surface area contributed by atoms with Crippen molar-refractivity contribution in [3.8, 4) is 5.75 Å². The van der Waals surface area contributed by atoms with Gasteiger partial charge in [-0.3, -0.25) is 0 Å². The van der Waals surface area contributed by atoms with Crippen LogP contribution in [0, 0.1) is 12.7 Å². The van der Waals surface area contributed by atoms with Crippen LogP contribution in [-0.4, -0.2) is 6.61 Å². The molecule has 13 heavy (non-hydrogen) atoms. The van der Waals surface area contributed by atoms with E-state index in [1.165, 1.54) is 6.07 Å². The van der Waals surface area contributed by atoms with E-state index in [0.29, 0.717) is 12.4 Å². The van der Waals surface area contributed by atoms with Crippen LogP contribution in [0.4, 0.5) is 4.39 Å². The highest BCUT2D eigenvalue weighted by Gasteiger charge is 2.22. The maximum Gasteiger partial charge on any atom is 0.165 e. The molecule has 0 aromatic heterocycles. The fourth-order valence-corrected chi connectivity index (χ4v) is 1.71. The van der Waals surface area contributed by atoms with Gasteiger partial charge < -0.3 is 10.5 Å². The van der Waals surface area contributed by atoms with E-state index in [4.69, 9.17) is 10.5 Å². The molecule has 1 aromatic rings. The maximum absolute atomic E-state index is 13.2. The van der Waals surface area contributed by atoms with Gasteiger partial charge in [0, 0.05) is 18.0 Å². The van der Waals surface area contributed by atoms with Gasteiger partial charge >= 0.3 is 0 Å². The van der Waals surface area contributed by atoms with E-state index < -0.39 is 0 Å². The average molecular weight is 181 g/mol. The zero-order chi connectivity index (χ0) is 9.42. The second kappa shape index (κ2) is 3.00. The molecule has 2 rings (SSSR count). The van der Waals surface area contributed by atoms with E-state index in [1.54, 1.807) is 6.07 Å². The van der Waals surface area contributed by atoms with Gasteiger partial charge in [0.05, 0.1) is 6.61 Å². The van der Waals surface area contributed by atoms with Gasteiger partial charge in [0.15, 0.2) is 11.6 Å². The van der Waals surface area contributed by atoms with E-state index >= 15 is 0 Å². The van der Waals surface area contributed by atoms with Crippen molar-refractivity contribution in [2.24, 2.45) is 5.73 Å². The van der Waals surface area contributed by atoms with Crippen LogP contribution in [0.25, 0.3) is 0 Å². The lowest BCUT2D eigenvalue weighted by molar-refractivity contribution is 0.255. The Balaban J connectivity index is 2.60. The molecule has 70 valence electrons. The lowest BCUT2D eigenvalue weighted by Crippen LogP contribution is -2.22. The van der Waals surface area contributed by atoms with Crippen molar-refractivity contribution >= 4 is 0 Å². The molecule has 2 N–H and O–H groups in total. The van der Waals surface area contributed by atoms with Gasteiger partial charge in [-0.2, -0.15) is 0 Å². The normalized spacial score (nSPS) is 20.7. The molecule has 2 nitrogen and oxygen atoms in total. The smallest absolute Gasteiger partial charge is 0.165 e. The minimum atomic E-state index is -0.309. The standard InChI is InChI=1S/C10H12FNO/c1-6-2-3-7(11)10-9(6)8(12)4-5-13-10/h2-3,8H,4-5,12H2,1H3. The number of nitrogens with two attached hydrogens (primary N) is 1. The number of ether oxygens (including phenoxy) is 1. The van der Waals surface area contributed by atoms with E-state index in [0.717, 1.165) is 17.5 Å². The highest BCUT2D eigenvalue weighted by Crippen LogP contribution is 2.35. The van der Waals surface area contributed by atoms with Gasteiger partial charge in [0.2, 0.25) is 0 Å². The van der Waals surface area contributed by atoms with Crippen molar-refractivity contribution < 1.29 is 9.13 Å². The van der Waals surface area contributed by atoms with E-state index in [-0.39, 0.29) is 11.9 Å². The van der Waals surface area contributed by atoms with Crippen molar-refractivity contribution in [1.82, 2.24) is 0 Å². The third-order valence-corrected chi connectivity index (χ3v) is 2.41. The van der Waals surface area contributed by atoms with Crippen molar-refractivity contribution in [2.45, 2.75) is 19.4 Å². The minimum Gasteiger partial charge on any atom is -0.490 e. The third-order valence-electron chi connectivity index (χ3n) is 2.41. The molecule has 1 aromatic carbocycles. The Labute approximate surface area is 76.5 Å². The summed E-state index contributed by atoms with van der Waals surface area (Å²) in [5, 5.41) is 0. The van der Waals surface area contributed by atoms with Crippen LogP contribution in [0.15, 0.2) is 12.1 Å². The van der Waals surface area contributed by atoms with Crippen molar-refractivity contribution in [3.05, 3.63) is 29.1 Å². The molecule has 1 aliphatic rings. The molecule has 0 radical (unpaired) electrons. The fourth-order valence-electron chi connectivity index (χ4n) is 1.71. The quantitative estimate of drug-likeness (QED) is 0.663. The summed E-state index contributed by atoms with van der Waals surface area (Å²) in [6.07, 6.45) is 0.761. The molecular weight excluding hydrogens is 169 g/mol. The first-order chi connectivity index (χ1) is 6.20. The highest BCUT2D eigenvalue weighted by molar-refractivity contribution is 5.44. The fraction of sp³-hybridized carbons (Fsp3) is 0.400. The molecule has 1 heterocycles. The number of fused-ring (bicyclic) bond motifs is 1. The monoisotopic (exact) mass is 181 g/mol. The number of halogens is 1. The van der Waals surface area contributed by atoms with Crippen LogP contribution in [-0.2, 0) is 0 Å². The Kier molecular flexibility index (Phi) is 1.96. The molecule has 0 fully saturated rings. The maximum atomic E-state index is 13.2. The van der Waals surface area contributed by atoms with Crippen LogP contribution in [0.1, 0.15) is 23.6 Å². The summed E-state index contributed by atoms with van der Waals surface area (Å²) in [5.41, 5.74) is 7.70. The summed E-state index contributed by atoms with van der Waals surface area (Å²) < 4.78 is 18.5. The summed E-state index contributed by atoms with van der Waals surface area (Å²) in [5.74, 6) is 0.0366. The van der Waals surface area contributed by atoms with Gasteiger partial charge in [-0.05, 0) is 18.6 Å². The second-order valence-electron chi connectivity index (χ2n) is 3.35. The number of aryl methyl sites for hydroxylation is 1. The number of hydrogen-bond acceptors (Lipinski definition) is 2. The lowest BCUT2D eigenvalue weighted by atomic mass is 9.96. The Hall–Kier alpha value is -1.09. The van der Waals surface area contributed by atoms with Gasteiger partial charge in [0.1, 0.15) is 0 Å². The lowest BCUT2D eigenvalue weighted by Gasteiger charge is -2.24. The Bertz CT molecular complexity index is 338. The first kappa shape index (κ1) is 8.51. The Morgan fingerprint density at radius 2 is 2.31 bits per heavy atom. The average Bonchev–Trinajstić information content (AvgIpc) is 2.12. The first-order valence-electron chi connectivity index (χ1n) is 4.37. The summed E-state index contributed by atoms with van der Waals surface area (Å²) in [6, 6.07) is 3.08. The molecule has 0 aliphatic carbocycles. The number of benzene rings is 1. The van der Waals surface area contributed by atoms with E-state index in [2.05, 4.69) is 0 Å². The zero-order valence-corrected chi connectivity index (χ0v) is 7.51. The van der Waals surface area contributed by atoms with Crippen molar-refractivity contribution in [3.63, 3.8) is 0 Å². The molecule has 0 amide bonds. The molecule has 3 heteroatoms. The third kappa shape index (κ3) is 1.29. The van der Waals surface area contributed by atoms with E-state index in [9.17, 15) is 4.39 Å². The summed E-state index contributed by atoms with van der Waals surface area (Å²) in [4.78, 5) is 0. The van der Waals surface area contributed by atoms with Gasteiger partial charge in [-0.1, -0.05) is 6.07 Å². The predicted octanol–water partition coefficient (Wildman–Crippen LogP) is 1.92. The summed E-state index contributed by atoms with van der Waals surface area (Å²) in [7, 11) is 0. The number of hydrogen-bond donors (Lipinski definition) is 1. The molecule has 0 saturated carbocycles. The topological polar surface area (TPSA) is 35.2 Å². The van der Waals surface area contributed by atoms with E-state index in [1.807, 2.05) is 6.92 Å². The molecule has 0 saturated heterocycles. The largest absolute Gasteiger partial charge is 0.490 e. The van der Waals surface area contributed by atoms with Crippen LogP contribution < -0.4 is 10.5 Å². The Morgan fingerprint density at radius 1 is 1.54 bits per heavy atom. The molecule has 1 atom stereocenters. The highest BCUT2D eigenvalue weighted by atomic mass is 19.1. The molecule has 0 spiro atoms. The molecule has 0 bridgehead atoms. The van der Waals surface area contributed by atoms with Crippen LogP contribution in [0.2, 0.25) is 0 Å². The van der Waals surface area contributed by atoms with Crippen LogP contribution in [0.3, 0.4) is 0 Å². The minimum absolute atomic E-state index is 0.0838.